The Morgan fingerprint density at radius 2 is 2.53 bits per heavy atom. The average Bonchev–Trinajstić information content (AvgIpc) is 2.95. The lowest BCUT2D eigenvalue weighted by atomic mass is 10.0. The van der Waals surface area contributed by atoms with E-state index >= 15 is 0 Å². The van der Waals surface area contributed by atoms with Gasteiger partial charge in [0.1, 0.15) is 0 Å². The van der Waals surface area contributed by atoms with E-state index in [1.165, 1.54) is 0 Å². The van der Waals surface area contributed by atoms with E-state index in [-0.39, 0.29) is 11.5 Å². The molecule has 6 heteroatoms. The molecule has 1 atom stereocenters. The van der Waals surface area contributed by atoms with Crippen molar-refractivity contribution in [2.75, 3.05) is 25.2 Å². The lowest BCUT2D eigenvalue weighted by Crippen LogP contribution is -2.44. The van der Waals surface area contributed by atoms with E-state index in [9.17, 15) is 4.79 Å². The van der Waals surface area contributed by atoms with Gasteiger partial charge in [0.2, 0.25) is 0 Å². The number of hydrogen-bond donors (Lipinski definition) is 1. The highest BCUT2D eigenvalue weighted by Gasteiger charge is 2.34. The van der Waals surface area contributed by atoms with Gasteiger partial charge in [-0.2, -0.15) is 11.8 Å². The van der Waals surface area contributed by atoms with Crippen LogP contribution in [0.4, 0.5) is 0 Å². The van der Waals surface area contributed by atoms with Gasteiger partial charge in [-0.1, -0.05) is 0 Å². The second-order valence-corrected chi connectivity index (χ2v) is 5.86. The Kier molecular flexibility index (Phi) is 4.17. The zero-order valence-corrected chi connectivity index (χ0v) is 11.9. The number of hydrogen-bond acceptors (Lipinski definition) is 4. The molecule has 0 radical (unpaired) electrons. The largest absolute Gasteiger partial charge is 0.444 e. The quantitative estimate of drug-likeness (QED) is 0.925. The van der Waals surface area contributed by atoms with E-state index in [2.05, 4.69) is 21.2 Å². The number of carbonyl (C=O) groups excluding carboxylic acids is 1. The summed E-state index contributed by atoms with van der Waals surface area (Å²) >= 11 is 5.02. The SMILES string of the molecule is CO[C@@]1(CNC(=O)c2ccc(Br)o2)CCSC1. The van der Waals surface area contributed by atoms with Gasteiger partial charge in [0.05, 0.1) is 5.60 Å². The Bertz CT molecular complexity index is 401. The summed E-state index contributed by atoms with van der Waals surface area (Å²) in [5.41, 5.74) is -0.218. The summed E-state index contributed by atoms with van der Waals surface area (Å²) < 4.78 is 11.3. The molecule has 2 heterocycles. The smallest absolute Gasteiger partial charge is 0.287 e. The maximum absolute atomic E-state index is 11.8. The minimum atomic E-state index is -0.218. The van der Waals surface area contributed by atoms with E-state index in [0.29, 0.717) is 17.0 Å². The summed E-state index contributed by atoms with van der Waals surface area (Å²) in [5, 5.41) is 2.85. The van der Waals surface area contributed by atoms with Crippen LogP contribution < -0.4 is 5.32 Å². The molecule has 0 spiro atoms. The molecule has 0 aromatic carbocycles. The third-order valence-electron chi connectivity index (χ3n) is 2.87. The van der Waals surface area contributed by atoms with Gasteiger partial charge in [-0.3, -0.25) is 4.79 Å². The summed E-state index contributed by atoms with van der Waals surface area (Å²) in [6.07, 6.45) is 0.969. The van der Waals surface area contributed by atoms with E-state index in [1.54, 1.807) is 19.2 Å². The maximum atomic E-state index is 11.8. The van der Waals surface area contributed by atoms with Crippen LogP contribution in [0.2, 0.25) is 0 Å². The Morgan fingerprint density at radius 1 is 1.71 bits per heavy atom. The molecular weight excluding hydrogens is 306 g/mol. The number of halogens is 1. The van der Waals surface area contributed by atoms with E-state index in [0.717, 1.165) is 17.9 Å². The molecule has 1 aliphatic rings. The molecule has 4 nitrogen and oxygen atoms in total. The van der Waals surface area contributed by atoms with Gasteiger partial charge < -0.3 is 14.5 Å². The summed E-state index contributed by atoms with van der Waals surface area (Å²) in [7, 11) is 1.70. The molecule has 94 valence electrons. The van der Waals surface area contributed by atoms with Crippen molar-refractivity contribution in [2.45, 2.75) is 12.0 Å². The van der Waals surface area contributed by atoms with Gasteiger partial charge in [0.25, 0.3) is 5.91 Å². The van der Waals surface area contributed by atoms with E-state index < -0.39 is 0 Å². The Balaban J connectivity index is 1.91. The van der Waals surface area contributed by atoms with Crippen molar-refractivity contribution in [3.63, 3.8) is 0 Å². The van der Waals surface area contributed by atoms with E-state index in [1.807, 2.05) is 11.8 Å². The summed E-state index contributed by atoms with van der Waals surface area (Å²) in [4.78, 5) is 11.8. The maximum Gasteiger partial charge on any atom is 0.287 e. The zero-order valence-electron chi connectivity index (χ0n) is 9.49. The first kappa shape index (κ1) is 13.0. The van der Waals surface area contributed by atoms with Crippen LogP contribution in [-0.2, 0) is 4.74 Å². The van der Waals surface area contributed by atoms with Crippen molar-refractivity contribution < 1.29 is 13.9 Å². The summed E-state index contributed by atoms with van der Waals surface area (Å²) in [5.74, 6) is 2.11. The third kappa shape index (κ3) is 3.05. The number of carbonyl (C=O) groups is 1. The molecule has 0 bridgehead atoms. The van der Waals surface area contributed by atoms with Crippen molar-refractivity contribution in [1.82, 2.24) is 5.32 Å². The standard InChI is InChI=1S/C11H14BrNO3S/c1-15-11(4-5-17-7-11)6-13-10(14)8-2-3-9(12)16-8/h2-3H,4-7H2,1H3,(H,13,14)/t11-/m1/s1. The molecule has 1 N–H and O–H groups in total. The van der Waals surface area contributed by atoms with Gasteiger partial charge in [-0.15, -0.1) is 0 Å². The van der Waals surface area contributed by atoms with Crippen molar-refractivity contribution in [3.05, 3.63) is 22.6 Å². The molecule has 1 saturated heterocycles. The van der Waals surface area contributed by atoms with Gasteiger partial charge >= 0.3 is 0 Å². The topological polar surface area (TPSA) is 51.5 Å². The lowest BCUT2D eigenvalue weighted by molar-refractivity contribution is 0.0134. The van der Waals surface area contributed by atoms with Crippen molar-refractivity contribution in [1.29, 1.82) is 0 Å². The molecule has 1 aromatic heterocycles. The van der Waals surface area contributed by atoms with Crippen LogP contribution in [0.25, 0.3) is 0 Å². The lowest BCUT2D eigenvalue weighted by Gasteiger charge is -2.26. The fourth-order valence-electron chi connectivity index (χ4n) is 1.73. The van der Waals surface area contributed by atoms with Crippen LogP contribution in [0.5, 0.6) is 0 Å². The monoisotopic (exact) mass is 319 g/mol. The number of amides is 1. The minimum absolute atomic E-state index is 0.205. The van der Waals surface area contributed by atoms with Gasteiger partial charge in [-0.25, -0.2) is 0 Å². The molecule has 1 aromatic rings. The average molecular weight is 320 g/mol. The first-order chi connectivity index (χ1) is 8.15. The number of methoxy groups -OCH3 is 1. The number of nitrogens with one attached hydrogen (secondary N) is 1. The van der Waals surface area contributed by atoms with Crippen LogP contribution in [0.15, 0.2) is 21.2 Å². The van der Waals surface area contributed by atoms with Gasteiger partial charge in [0.15, 0.2) is 10.4 Å². The molecule has 1 aliphatic heterocycles. The Hall–Kier alpha value is -0.460. The second kappa shape index (κ2) is 5.46. The zero-order chi connectivity index (χ0) is 12.3. The molecule has 0 aliphatic carbocycles. The van der Waals surface area contributed by atoms with Crippen molar-refractivity contribution in [2.24, 2.45) is 0 Å². The highest BCUT2D eigenvalue weighted by Crippen LogP contribution is 2.30. The van der Waals surface area contributed by atoms with Crippen molar-refractivity contribution >= 4 is 33.6 Å². The fraction of sp³-hybridized carbons (Fsp3) is 0.545. The Labute approximate surface area is 113 Å². The highest BCUT2D eigenvalue weighted by molar-refractivity contribution is 9.10. The van der Waals surface area contributed by atoms with Gasteiger partial charge in [-0.05, 0) is 40.2 Å². The molecule has 1 amide bonds. The predicted molar refractivity (Wildman–Crippen MR) is 70.4 cm³/mol. The first-order valence-electron chi connectivity index (χ1n) is 5.32. The predicted octanol–water partition coefficient (Wildman–Crippen LogP) is 2.29. The molecule has 0 saturated carbocycles. The number of rotatable bonds is 4. The summed E-state index contributed by atoms with van der Waals surface area (Å²) in [6, 6.07) is 3.34. The van der Waals surface area contributed by atoms with Crippen LogP contribution in [0.1, 0.15) is 17.0 Å². The van der Waals surface area contributed by atoms with E-state index in [4.69, 9.17) is 9.15 Å². The molecule has 1 fully saturated rings. The number of furan rings is 1. The molecular formula is C11H14BrNO3S. The number of ether oxygens (including phenoxy) is 1. The molecule has 17 heavy (non-hydrogen) atoms. The van der Waals surface area contributed by atoms with Crippen LogP contribution >= 0.6 is 27.7 Å². The van der Waals surface area contributed by atoms with Crippen LogP contribution in [0.3, 0.4) is 0 Å². The Morgan fingerprint density at radius 3 is 3.06 bits per heavy atom. The van der Waals surface area contributed by atoms with Crippen LogP contribution in [0, 0.1) is 0 Å². The summed E-state index contributed by atoms with van der Waals surface area (Å²) in [6.45, 7) is 0.521. The normalized spacial score (nSPS) is 23.9. The van der Waals surface area contributed by atoms with Crippen LogP contribution in [-0.4, -0.2) is 36.7 Å². The minimum Gasteiger partial charge on any atom is -0.444 e. The number of thioether (sulfide) groups is 1. The van der Waals surface area contributed by atoms with Crippen molar-refractivity contribution in [3.8, 4) is 0 Å². The highest BCUT2D eigenvalue weighted by atomic mass is 79.9. The second-order valence-electron chi connectivity index (χ2n) is 3.98. The first-order valence-corrected chi connectivity index (χ1v) is 7.26. The van der Waals surface area contributed by atoms with Gasteiger partial charge in [0, 0.05) is 19.4 Å². The molecule has 0 unspecified atom stereocenters. The molecule has 2 rings (SSSR count). The third-order valence-corrected chi connectivity index (χ3v) is 4.52. The fourth-order valence-corrected chi connectivity index (χ4v) is 3.43.